The van der Waals surface area contributed by atoms with Gasteiger partial charge in [0.2, 0.25) is 23.7 Å². The molecule has 3 aliphatic rings. The molecule has 12 nitrogen and oxygen atoms in total. The SMILES string of the molecule is CN1C(=O)Cc2cc(Nc3nc(NC4CCN(c5ccc6c(C7CCC(=O)NC7=O)nn(C)c6c5)CC4(F)F)ncc3Cl)ccc21. The van der Waals surface area contributed by atoms with Crippen molar-refractivity contribution in [3.63, 3.8) is 0 Å². The number of benzene rings is 2. The zero-order valence-corrected chi connectivity index (χ0v) is 25.7. The van der Waals surface area contributed by atoms with E-state index in [0.29, 0.717) is 42.0 Å². The molecular weight excluding hydrogens is 620 g/mol. The molecule has 238 valence electrons. The Balaban J connectivity index is 1.05. The number of hydrogen-bond acceptors (Lipinski definition) is 9. The zero-order valence-electron chi connectivity index (χ0n) is 25.0. The lowest BCUT2D eigenvalue weighted by atomic mass is 9.92. The number of likely N-dealkylation sites (N-methyl/N-ethyl adjacent to an activating group) is 1. The molecule has 7 rings (SSSR count). The van der Waals surface area contributed by atoms with Crippen LogP contribution in [0.25, 0.3) is 10.9 Å². The first-order valence-electron chi connectivity index (χ1n) is 14.9. The molecule has 3 N–H and O–H groups in total. The lowest BCUT2D eigenvalue weighted by Crippen LogP contribution is -2.54. The molecule has 2 fully saturated rings. The van der Waals surface area contributed by atoms with Gasteiger partial charge in [-0.15, -0.1) is 0 Å². The molecule has 0 radical (unpaired) electrons. The van der Waals surface area contributed by atoms with Gasteiger partial charge in [-0.1, -0.05) is 11.6 Å². The number of aromatic nitrogens is 4. The first kappa shape index (κ1) is 29.8. The van der Waals surface area contributed by atoms with Crippen LogP contribution in [-0.2, 0) is 27.9 Å². The quantitative estimate of drug-likeness (QED) is 0.263. The third-order valence-electron chi connectivity index (χ3n) is 8.86. The lowest BCUT2D eigenvalue weighted by molar-refractivity contribution is -0.134. The van der Waals surface area contributed by atoms with Crippen LogP contribution in [0.15, 0.2) is 42.6 Å². The van der Waals surface area contributed by atoms with Crippen molar-refractivity contribution in [1.29, 1.82) is 0 Å². The van der Waals surface area contributed by atoms with Crippen LogP contribution < -0.4 is 25.8 Å². The number of anilines is 5. The fourth-order valence-electron chi connectivity index (χ4n) is 6.39. The number of piperidine rings is 2. The number of aryl methyl sites for hydroxylation is 1. The van der Waals surface area contributed by atoms with E-state index in [1.165, 1.54) is 6.20 Å². The predicted octanol–water partition coefficient (Wildman–Crippen LogP) is 4.13. The Bertz CT molecular complexity index is 1920. The molecule has 0 bridgehead atoms. The minimum absolute atomic E-state index is 0.00197. The topological polar surface area (TPSA) is 137 Å². The number of imide groups is 1. The van der Waals surface area contributed by atoms with E-state index in [2.05, 4.69) is 31.0 Å². The molecule has 2 aromatic heterocycles. The molecule has 15 heteroatoms. The Morgan fingerprint density at radius 3 is 2.70 bits per heavy atom. The van der Waals surface area contributed by atoms with Crippen molar-refractivity contribution in [3.05, 3.63) is 58.9 Å². The van der Waals surface area contributed by atoms with Crippen LogP contribution in [0.5, 0.6) is 0 Å². The number of fused-ring (bicyclic) bond motifs is 2. The molecule has 2 aromatic carbocycles. The van der Waals surface area contributed by atoms with Gasteiger partial charge >= 0.3 is 0 Å². The summed E-state index contributed by atoms with van der Waals surface area (Å²) in [5.41, 5.74) is 4.24. The summed E-state index contributed by atoms with van der Waals surface area (Å²) in [6.45, 7) is -0.188. The maximum Gasteiger partial charge on any atom is 0.284 e. The van der Waals surface area contributed by atoms with Crippen molar-refractivity contribution in [2.24, 2.45) is 7.05 Å². The van der Waals surface area contributed by atoms with Gasteiger partial charge in [-0.05, 0) is 54.8 Å². The normalized spacial score (nSPS) is 21.0. The van der Waals surface area contributed by atoms with Crippen molar-refractivity contribution < 1.29 is 23.2 Å². The van der Waals surface area contributed by atoms with Gasteiger partial charge in [0.15, 0.2) is 5.82 Å². The average Bonchev–Trinajstić information content (AvgIpc) is 3.49. The Labute approximate surface area is 267 Å². The van der Waals surface area contributed by atoms with Gasteiger partial charge < -0.3 is 20.4 Å². The second-order valence-corrected chi connectivity index (χ2v) is 12.3. The van der Waals surface area contributed by atoms with Crippen LogP contribution in [-0.4, -0.2) is 69.6 Å². The number of carbonyl (C=O) groups excluding carboxylic acids is 3. The van der Waals surface area contributed by atoms with Gasteiger partial charge in [0.1, 0.15) is 5.02 Å². The summed E-state index contributed by atoms with van der Waals surface area (Å²) in [5, 5.41) is 13.8. The van der Waals surface area contributed by atoms with Gasteiger partial charge in [-0.25, -0.2) is 13.8 Å². The number of nitrogens with zero attached hydrogens (tertiary/aromatic N) is 6. The molecule has 2 saturated heterocycles. The Morgan fingerprint density at radius 2 is 1.91 bits per heavy atom. The van der Waals surface area contributed by atoms with Crippen molar-refractivity contribution in [2.45, 2.75) is 43.6 Å². The van der Waals surface area contributed by atoms with Crippen LogP contribution in [0, 0.1) is 0 Å². The Hall–Kier alpha value is -4.85. The highest BCUT2D eigenvalue weighted by molar-refractivity contribution is 6.32. The van der Waals surface area contributed by atoms with E-state index in [0.717, 1.165) is 16.6 Å². The van der Waals surface area contributed by atoms with Crippen molar-refractivity contribution in [3.8, 4) is 0 Å². The summed E-state index contributed by atoms with van der Waals surface area (Å²) >= 11 is 6.33. The predicted molar refractivity (Wildman–Crippen MR) is 169 cm³/mol. The van der Waals surface area contributed by atoms with Crippen molar-refractivity contribution in [1.82, 2.24) is 25.1 Å². The third kappa shape index (κ3) is 5.36. The minimum atomic E-state index is -3.13. The molecule has 3 amide bonds. The highest BCUT2D eigenvalue weighted by Crippen LogP contribution is 2.37. The van der Waals surface area contributed by atoms with Gasteiger partial charge in [-0.3, -0.25) is 24.4 Å². The summed E-state index contributed by atoms with van der Waals surface area (Å²) < 4.78 is 32.8. The number of hydrogen-bond donors (Lipinski definition) is 3. The Kier molecular flexibility index (Phi) is 7.26. The number of rotatable bonds is 6. The van der Waals surface area contributed by atoms with Crippen LogP contribution in [0.4, 0.5) is 37.6 Å². The van der Waals surface area contributed by atoms with E-state index in [1.54, 1.807) is 52.8 Å². The molecule has 4 aromatic rings. The molecule has 0 saturated carbocycles. The summed E-state index contributed by atoms with van der Waals surface area (Å²) in [6.07, 6.45) is 2.36. The zero-order chi connectivity index (χ0) is 32.3. The second kappa shape index (κ2) is 11.2. The molecule has 2 unspecified atom stereocenters. The minimum Gasteiger partial charge on any atom is -0.365 e. The van der Waals surface area contributed by atoms with Crippen LogP contribution >= 0.6 is 11.6 Å². The van der Waals surface area contributed by atoms with Gasteiger partial charge in [0, 0.05) is 49.5 Å². The number of alkyl halides is 2. The number of halogens is 3. The van der Waals surface area contributed by atoms with Gasteiger partial charge in [-0.2, -0.15) is 10.1 Å². The molecule has 5 heterocycles. The van der Waals surface area contributed by atoms with Crippen molar-refractivity contribution >= 4 is 69.1 Å². The largest absolute Gasteiger partial charge is 0.365 e. The maximum absolute atomic E-state index is 15.6. The van der Waals surface area contributed by atoms with E-state index in [1.807, 2.05) is 12.1 Å². The van der Waals surface area contributed by atoms with E-state index in [9.17, 15) is 14.4 Å². The summed E-state index contributed by atoms with van der Waals surface area (Å²) in [6, 6.07) is 9.59. The standard InChI is InChI=1S/C31H30ClF2N9O3/c1-41-22-7-3-17(11-16(22)12-26(41)45)36-28-21(32)14-35-30(39-28)37-24-9-10-43(15-31(24,33)34)18-4-5-19-23(13-18)42(2)40-27(19)20-6-8-25(44)38-29(20)46/h3-5,7,11,13-14,20,24H,6,8-10,12,15H2,1-2H3,(H,38,44,46)(H2,35,36,37,39). The third-order valence-corrected chi connectivity index (χ3v) is 9.14. The van der Waals surface area contributed by atoms with E-state index < -0.39 is 24.4 Å². The van der Waals surface area contributed by atoms with Gasteiger partial charge in [0.25, 0.3) is 5.92 Å². The number of nitrogens with one attached hydrogen (secondary N) is 3. The summed E-state index contributed by atoms with van der Waals surface area (Å²) in [5.74, 6) is -4.10. The van der Waals surface area contributed by atoms with E-state index in [4.69, 9.17) is 11.6 Å². The van der Waals surface area contributed by atoms with Crippen LogP contribution in [0.2, 0.25) is 5.02 Å². The van der Waals surface area contributed by atoms with Gasteiger partial charge in [0.05, 0.1) is 42.3 Å². The fraction of sp³-hybridized carbons (Fsp3) is 0.355. The first-order chi connectivity index (χ1) is 22.0. The maximum atomic E-state index is 15.6. The van der Waals surface area contributed by atoms with Crippen LogP contribution in [0.3, 0.4) is 0 Å². The van der Waals surface area contributed by atoms with E-state index >= 15 is 8.78 Å². The van der Waals surface area contributed by atoms with Crippen LogP contribution in [0.1, 0.15) is 36.4 Å². The monoisotopic (exact) mass is 649 g/mol. The molecular formula is C31H30ClF2N9O3. The molecule has 0 aliphatic carbocycles. The molecule has 0 spiro atoms. The second-order valence-electron chi connectivity index (χ2n) is 11.9. The lowest BCUT2D eigenvalue weighted by Gasteiger charge is -2.39. The van der Waals surface area contributed by atoms with Crippen molar-refractivity contribution in [2.75, 3.05) is 40.6 Å². The average molecular weight is 650 g/mol. The number of amides is 3. The summed E-state index contributed by atoms with van der Waals surface area (Å²) in [7, 11) is 3.46. The fourth-order valence-corrected chi connectivity index (χ4v) is 6.52. The molecule has 2 atom stereocenters. The first-order valence-corrected chi connectivity index (χ1v) is 15.2. The Morgan fingerprint density at radius 1 is 1.09 bits per heavy atom. The smallest absolute Gasteiger partial charge is 0.284 e. The highest BCUT2D eigenvalue weighted by Gasteiger charge is 2.45. The molecule has 3 aliphatic heterocycles. The molecule has 46 heavy (non-hydrogen) atoms. The summed E-state index contributed by atoms with van der Waals surface area (Å²) in [4.78, 5) is 47.9. The van der Waals surface area contributed by atoms with E-state index in [-0.39, 0.29) is 47.4 Å². The number of carbonyl (C=O) groups is 3. The highest BCUT2D eigenvalue weighted by atomic mass is 35.5.